The van der Waals surface area contributed by atoms with Gasteiger partial charge in [0.1, 0.15) is 12.4 Å². The van der Waals surface area contributed by atoms with Crippen molar-refractivity contribution in [2.75, 3.05) is 17.7 Å². The van der Waals surface area contributed by atoms with Gasteiger partial charge in [-0.25, -0.2) is 4.98 Å². The van der Waals surface area contributed by atoms with E-state index in [0.717, 1.165) is 16.9 Å². The molecule has 11 heteroatoms. The van der Waals surface area contributed by atoms with Crippen LogP contribution in [-0.4, -0.2) is 44.0 Å². The third-order valence-corrected chi connectivity index (χ3v) is 6.21. The summed E-state index contributed by atoms with van der Waals surface area (Å²) in [6.45, 7) is 9.08. The van der Waals surface area contributed by atoms with E-state index >= 15 is 0 Å². The number of hydrogen-bond donors (Lipinski definition) is 1. The Morgan fingerprint density at radius 3 is 2.61 bits per heavy atom. The van der Waals surface area contributed by atoms with Crippen molar-refractivity contribution in [1.82, 2.24) is 19.7 Å². The molecular formula is C22H27N5O4S2. The molecule has 9 nitrogen and oxygen atoms in total. The maximum atomic E-state index is 12.4. The molecule has 3 aromatic rings. The zero-order valence-electron chi connectivity index (χ0n) is 19.1. The Morgan fingerprint density at radius 1 is 1.15 bits per heavy atom. The molecule has 0 fully saturated rings. The molecule has 1 aromatic carbocycles. The van der Waals surface area contributed by atoms with Crippen molar-refractivity contribution in [3.63, 3.8) is 0 Å². The third-order valence-electron chi connectivity index (χ3n) is 4.43. The first-order valence-electron chi connectivity index (χ1n) is 10.5. The number of thiazole rings is 1. The van der Waals surface area contributed by atoms with E-state index in [4.69, 9.17) is 9.47 Å². The average molecular weight is 490 g/mol. The number of anilines is 1. The number of nitrogens with zero attached hydrogens (tertiary/aromatic N) is 4. The summed E-state index contributed by atoms with van der Waals surface area (Å²) < 4.78 is 12.8. The lowest BCUT2D eigenvalue weighted by atomic mass is 10.1. The highest BCUT2D eigenvalue weighted by atomic mass is 32.2. The van der Waals surface area contributed by atoms with Crippen LogP contribution in [0.1, 0.15) is 36.5 Å². The largest absolute Gasteiger partial charge is 0.486 e. The number of carbonyl (C=O) groups is 2. The lowest BCUT2D eigenvalue weighted by Gasteiger charge is -2.10. The first kappa shape index (κ1) is 24.7. The van der Waals surface area contributed by atoms with Crippen LogP contribution in [0.3, 0.4) is 0 Å². The lowest BCUT2D eigenvalue weighted by molar-refractivity contribution is -0.142. The number of esters is 1. The number of hydrogen-bond acceptors (Lipinski definition) is 9. The Kier molecular flexibility index (Phi) is 8.84. The average Bonchev–Trinajstić information content (AvgIpc) is 3.36. The number of ether oxygens (including phenoxy) is 2. The van der Waals surface area contributed by atoms with Crippen LogP contribution >= 0.6 is 23.1 Å². The van der Waals surface area contributed by atoms with Gasteiger partial charge < -0.3 is 19.4 Å². The summed E-state index contributed by atoms with van der Waals surface area (Å²) in [5.41, 5.74) is 2.84. The van der Waals surface area contributed by atoms with Crippen molar-refractivity contribution in [2.24, 2.45) is 0 Å². The molecule has 0 aliphatic carbocycles. The highest BCUT2D eigenvalue weighted by molar-refractivity contribution is 7.99. The summed E-state index contributed by atoms with van der Waals surface area (Å²) in [7, 11) is 0. The van der Waals surface area contributed by atoms with Crippen LogP contribution in [0.2, 0.25) is 0 Å². The highest BCUT2D eigenvalue weighted by Gasteiger charge is 2.15. The third kappa shape index (κ3) is 7.29. The number of benzene rings is 1. The van der Waals surface area contributed by atoms with Crippen molar-refractivity contribution in [1.29, 1.82) is 0 Å². The van der Waals surface area contributed by atoms with Gasteiger partial charge in [0.05, 0.1) is 24.5 Å². The van der Waals surface area contributed by atoms with Crippen molar-refractivity contribution >= 4 is 40.1 Å². The number of nitrogens with one attached hydrogen (secondary N) is 1. The second-order valence-electron chi connectivity index (χ2n) is 7.22. The fourth-order valence-electron chi connectivity index (χ4n) is 3.11. The second-order valence-corrected chi connectivity index (χ2v) is 9.02. The van der Waals surface area contributed by atoms with Crippen LogP contribution in [0.5, 0.6) is 5.75 Å². The SMILES string of the molecule is CCOC(=O)Cc1csc(NC(=O)CSc2nnc(COc3cc(C)cc(C)c3)n2CC)n1. The summed E-state index contributed by atoms with van der Waals surface area (Å²) in [5.74, 6) is 1.09. The molecule has 0 atom stereocenters. The molecule has 0 saturated heterocycles. The topological polar surface area (TPSA) is 108 Å². The molecule has 2 aromatic heterocycles. The van der Waals surface area contributed by atoms with Gasteiger partial charge in [0.25, 0.3) is 0 Å². The van der Waals surface area contributed by atoms with E-state index in [-0.39, 0.29) is 24.1 Å². The molecule has 176 valence electrons. The molecule has 33 heavy (non-hydrogen) atoms. The predicted octanol–water partition coefficient (Wildman–Crippen LogP) is 3.79. The number of aromatic nitrogens is 4. The minimum absolute atomic E-state index is 0.0849. The molecule has 2 heterocycles. The van der Waals surface area contributed by atoms with Crippen molar-refractivity contribution in [2.45, 2.75) is 52.4 Å². The van der Waals surface area contributed by atoms with Gasteiger partial charge in [0.2, 0.25) is 5.91 Å². The Bertz CT molecular complexity index is 1090. The molecule has 0 aliphatic rings. The van der Waals surface area contributed by atoms with E-state index in [2.05, 4.69) is 26.6 Å². The van der Waals surface area contributed by atoms with Crippen LogP contribution < -0.4 is 10.1 Å². The first-order valence-corrected chi connectivity index (χ1v) is 12.4. The van der Waals surface area contributed by atoms with Crippen molar-refractivity contribution < 1.29 is 19.1 Å². The number of aryl methyl sites for hydroxylation is 2. The van der Waals surface area contributed by atoms with Gasteiger partial charge in [-0.1, -0.05) is 17.8 Å². The first-order chi connectivity index (χ1) is 15.9. The van der Waals surface area contributed by atoms with Crippen molar-refractivity contribution in [3.05, 3.63) is 46.2 Å². The van der Waals surface area contributed by atoms with E-state index in [1.54, 1.807) is 12.3 Å². The molecule has 0 aliphatic heterocycles. The van der Waals surface area contributed by atoms with E-state index in [1.807, 2.05) is 37.5 Å². The van der Waals surface area contributed by atoms with Crippen molar-refractivity contribution in [3.8, 4) is 5.75 Å². The Labute approximate surface area is 200 Å². The fourth-order valence-corrected chi connectivity index (χ4v) is 4.65. The van der Waals surface area contributed by atoms with Crippen LogP contribution in [0.15, 0.2) is 28.7 Å². The van der Waals surface area contributed by atoms with Gasteiger partial charge >= 0.3 is 5.97 Å². The molecule has 0 spiro atoms. The quantitative estimate of drug-likeness (QED) is 0.320. The lowest BCUT2D eigenvalue weighted by Crippen LogP contribution is -2.15. The smallest absolute Gasteiger partial charge is 0.311 e. The monoisotopic (exact) mass is 489 g/mol. The molecule has 3 rings (SSSR count). The van der Waals surface area contributed by atoms with Gasteiger partial charge in [0.15, 0.2) is 16.1 Å². The van der Waals surface area contributed by atoms with E-state index in [0.29, 0.717) is 41.6 Å². The summed E-state index contributed by atoms with van der Waals surface area (Å²) >= 11 is 2.56. The van der Waals surface area contributed by atoms with Gasteiger partial charge in [-0.2, -0.15) is 0 Å². The molecule has 0 radical (unpaired) electrons. The zero-order valence-corrected chi connectivity index (χ0v) is 20.7. The van der Waals surface area contributed by atoms with E-state index in [9.17, 15) is 9.59 Å². The molecule has 1 amide bonds. The molecule has 0 saturated carbocycles. The number of amides is 1. The van der Waals surface area contributed by atoms with Gasteiger partial charge in [0, 0.05) is 11.9 Å². The van der Waals surface area contributed by atoms with Crippen LogP contribution in [-0.2, 0) is 33.9 Å². The summed E-state index contributed by atoms with van der Waals surface area (Å²) in [6.07, 6.45) is 0.0849. The molecule has 1 N–H and O–H groups in total. The maximum Gasteiger partial charge on any atom is 0.311 e. The molecule has 0 bridgehead atoms. The molecular weight excluding hydrogens is 462 g/mol. The minimum Gasteiger partial charge on any atom is -0.486 e. The van der Waals surface area contributed by atoms with E-state index in [1.165, 1.54) is 23.1 Å². The number of rotatable bonds is 11. The standard InChI is InChI=1S/C22H27N5O4S2/c1-5-27-18(11-31-17-8-14(3)7-15(4)9-17)25-26-22(27)33-13-19(28)24-21-23-16(12-32-21)10-20(29)30-6-2/h7-9,12H,5-6,10-11,13H2,1-4H3,(H,23,24,28). The normalized spacial score (nSPS) is 10.8. The summed E-state index contributed by atoms with van der Waals surface area (Å²) in [5, 5.41) is 14.0. The second kappa shape index (κ2) is 11.8. The minimum atomic E-state index is -0.340. The van der Waals surface area contributed by atoms with Crippen LogP contribution in [0.25, 0.3) is 0 Å². The van der Waals surface area contributed by atoms with Gasteiger partial charge in [-0.05, 0) is 51.0 Å². The van der Waals surface area contributed by atoms with Gasteiger partial charge in [-0.15, -0.1) is 21.5 Å². The number of carbonyl (C=O) groups excluding carboxylic acids is 2. The highest BCUT2D eigenvalue weighted by Crippen LogP contribution is 2.21. The fraction of sp³-hybridized carbons (Fsp3) is 0.409. The van der Waals surface area contributed by atoms with Gasteiger partial charge in [-0.3, -0.25) is 9.59 Å². The van der Waals surface area contributed by atoms with Crippen LogP contribution in [0, 0.1) is 13.8 Å². The van der Waals surface area contributed by atoms with Crippen LogP contribution in [0.4, 0.5) is 5.13 Å². The zero-order chi connectivity index (χ0) is 23.8. The Hall–Kier alpha value is -2.92. The Balaban J connectivity index is 1.52. The summed E-state index contributed by atoms with van der Waals surface area (Å²) in [6, 6.07) is 6.06. The molecule has 0 unspecified atom stereocenters. The predicted molar refractivity (Wildman–Crippen MR) is 128 cm³/mol. The van der Waals surface area contributed by atoms with E-state index < -0.39 is 0 Å². The summed E-state index contributed by atoms with van der Waals surface area (Å²) in [4.78, 5) is 28.2. The Morgan fingerprint density at radius 2 is 1.91 bits per heavy atom. The maximum absolute atomic E-state index is 12.4. The number of thioether (sulfide) groups is 1.